The number of carbonyl (C=O) groups excluding carboxylic acids is 1. The molecule has 8 heteroatoms. The minimum absolute atomic E-state index is 0.183. The molecule has 0 aliphatic heterocycles. The molecule has 0 heterocycles. The average molecular weight is 377 g/mol. The van der Waals surface area contributed by atoms with Gasteiger partial charge in [-0.25, -0.2) is 13.6 Å². The van der Waals surface area contributed by atoms with E-state index >= 15 is 0 Å². The van der Waals surface area contributed by atoms with Crippen molar-refractivity contribution in [2.24, 2.45) is 10.9 Å². The van der Waals surface area contributed by atoms with Crippen molar-refractivity contribution >= 4 is 21.6 Å². The molecular formula is C18H23N3O4S. The number of carbonyl (C=O) groups is 1. The van der Waals surface area contributed by atoms with E-state index in [9.17, 15) is 13.2 Å². The predicted octanol–water partition coefficient (Wildman–Crippen LogP) is 2.58. The Morgan fingerprint density at radius 3 is 2.46 bits per heavy atom. The van der Waals surface area contributed by atoms with Crippen molar-refractivity contribution in [3.63, 3.8) is 0 Å². The molecule has 140 valence electrons. The molecule has 0 bridgehead atoms. The maximum atomic E-state index is 11.6. The Balaban J connectivity index is 2.54. The summed E-state index contributed by atoms with van der Waals surface area (Å²) < 4.78 is 29.2. The summed E-state index contributed by atoms with van der Waals surface area (Å²) in [5.74, 6) is -0.288. The number of hydrogen-bond acceptors (Lipinski definition) is 5. The zero-order valence-electron chi connectivity index (χ0n) is 14.6. The first-order valence-electron chi connectivity index (χ1n) is 8.24. The second-order valence-corrected chi connectivity index (χ2v) is 7.49. The fourth-order valence-electron chi connectivity index (χ4n) is 2.41. The van der Waals surface area contributed by atoms with Crippen LogP contribution in [0.5, 0.6) is 11.5 Å². The number of rotatable bonds is 9. The van der Waals surface area contributed by atoms with Gasteiger partial charge in [-0.2, -0.15) is 0 Å². The number of sulfonamides is 1. The molecule has 0 atom stereocenters. The molecule has 2 aromatic rings. The summed E-state index contributed by atoms with van der Waals surface area (Å²) in [5, 5.41) is 8.40. The molecule has 0 radical (unpaired) electrons. The monoisotopic (exact) mass is 377 g/mol. The molecule has 5 N–H and O–H groups in total. The molecule has 0 saturated carbocycles. The molecular weight excluding hydrogens is 354 g/mol. The first-order chi connectivity index (χ1) is 12.3. The Hall–Kier alpha value is -2.58. The van der Waals surface area contributed by atoms with Crippen LogP contribution in [0.15, 0.2) is 42.5 Å². The van der Waals surface area contributed by atoms with Crippen LogP contribution >= 0.6 is 0 Å². The van der Waals surface area contributed by atoms with Crippen molar-refractivity contribution in [3.8, 4) is 11.5 Å². The van der Waals surface area contributed by atoms with E-state index in [1.54, 1.807) is 30.3 Å². The summed E-state index contributed by atoms with van der Waals surface area (Å²) in [6.45, 7) is 2.69. The lowest BCUT2D eigenvalue weighted by molar-refractivity contribution is 0.1000. The van der Waals surface area contributed by atoms with E-state index in [1.807, 2.05) is 6.07 Å². The highest BCUT2D eigenvalue weighted by molar-refractivity contribution is 7.88. The Morgan fingerprint density at radius 1 is 1.19 bits per heavy atom. The summed E-state index contributed by atoms with van der Waals surface area (Å²) in [7, 11) is -3.84. The summed E-state index contributed by atoms with van der Waals surface area (Å²) >= 11 is 0. The third-order valence-electron chi connectivity index (χ3n) is 3.62. The van der Waals surface area contributed by atoms with Crippen LogP contribution in [0.2, 0.25) is 0 Å². The Morgan fingerprint density at radius 2 is 1.88 bits per heavy atom. The lowest BCUT2D eigenvalue weighted by Crippen LogP contribution is -2.18. The second kappa shape index (κ2) is 8.68. The number of primary sulfonamides is 1. The summed E-state index contributed by atoms with van der Waals surface area (Å²) in [4.78, 5) is 11.6. The standard InChI is InChI=1S/C18H23N3O4S/c1-2-3-9-21-16-11-13(18(19)22)10-14(12-26(20,23)24)17(16)25-15-7-5-4-6-8-15/h4-8,10-11,21H,2-3,9,12H2,1H3,(H2,19,22)(H2,20,23,24). The number of unbranched alkanes of at least 4 members (excludes halogenated alkanes) is 1. The quantitative estimate of drug-likeness (QED) is 0.579. The van der Waals surface area contributed by atoms with Gasteiger partial charge in [-0.05, 0) is 30.7 Å². The molecule has 0 aliphatic rings. The van der Waals surface area contributed by atoms with Crippen LogP contribution < -0.4 is 20.9 Å². The van der Waals surface area contributed by atoms with Gasteiger partial charge in [-0.1, -0.05) is 31.5 Å². The third-order valence-corrected chi connectivity index (χ3v) is 4.33. The van der Waals surface area contributed by atoms with Crippen molar-refractivity contribution in [2.45, 2.75) is 25.5 Å². The van der Waals surface area contributed by atoms with E-state index in [2.05, 4.69) is 12.2 Å². The third kappa shape index (κ3) is 5.75. The molecule has 0 saturated heterocycles. The highest BCUT2D eigenvalue weighted by Crippen LogP contribution is 2.35. The van der Waals surface area contributed by atoms with E-state index < -0.39 is 21.7 Å². The molecule has 1 amide bonds. The predicted molar refractivity (Wildman–Crippen MR) is 102 cm³/mol. The van der Waals surface area contributed by atoms with Gasteiger partial charge in [-0.3, -0.25) is 4.79 Å². The van der Waals surface area contributed by atoms with Crippen molar-refractivity contribution in [1.29, 1.82) is 0 Å². The van der Waals surface area contributed by atoms with Crippen LogP contribution in [0.1, 0.15) is 35.7 Å². The van der Waals surface area contributed by atoms with Gasteiger partial charge in [0.1, 0.15) is 5.75 Å². The number of ether oxygens (including phenoxy) is 1. The van der Waals surface area contributed by atoms with E-state index in [-0.39, 0.29) is 11.1 Å². The van der Waals surface area contributed by atoms with Crippen LogP contribution in [0.25, 0.3) is 0 Å². The van der Waals surface area contributed by atoms with Gasteiger partial charge in [-0.15, -0.1) is 0 Å². The van der Waals surface area contributed by atoms with E-state index in [1.165, 1.54) is 6.07 Å². The SMILES string of the molecule is CCCCNc1cc(C(N)=O)cc(CS(N)(=O)=O)c1Oc1ccccc1. The molecule has 26 heavy (non-hydrogen) atoms. The molecule has 2 rings (SSSR count). The molecule has 7 nitrogen and oxygen atoms in total. The summed E-state index contributed by atoms with van der Waals surface area (Å²) in [6, 6.07) is 11.9. The van der Waals surface area contributed by atoms with Gasteiger partial charge >= 0.3 is 0 Å². The lowest BCUT2D eigenvalue weighted by Gasteiger charge is -2.18. The number of nitrogens with two attached hydrogens (primary N) is 2. The number of para-hydroxylation sites is 1. The Bertz CT molecular complexity index is 868. The minimum atomic E-state index is -3.84. The van der Waals surface area contributed by atoms with Crippen LogP contribution in [0.3, 0.4) is 0 Å². The maximum absolute atomic E-state index is 11.6. The van der Waals surface area contributed by atoms with Gasteiger partial charge in [0.2, 0.25) is 15.9 Å². The van der Waals surface area contributed by atoms with Gasteiger partial charge in [0.15, 0.2) is 5.75 Å². The lowest BCUT2D eigenvalue weighted by atomic mass is 10.1. The normalized spacial score (nSPS) is 11.2. The average Bonchev–Trinajstić information content (AvgIpc) is 2.57. The van der Waals surface area contributed by atoms with E-state index in [4.69, 9.17) is 15.6 Å². The molecule has 2 aromatic carbocycles. The minimum Gasteiger partial charge on any atom is -0.455 e. The van der Waals surface area contributed by atoms with Gasteiger partial charge in [0.25, 0.3) is 0 Å². The van der Waals surface area contributed by atoms with Crippen molar-refractivity contribution < 1.29 is 17.9 Å². The zero-order chi connectivity index (χ0) is 19.2. The van der Waals surface area contributed by atoms with Crippen LogP contribution in [0, 0.1) is 0 Å². The molecule has 0 fully saturated rings. The van der Waals surface area contributed by atoms with Crippen LogP contribution in [0.4, 0.5) is 5.69 Å². The number of anilines is 1. The van der Waals surface area contributed by atoms with Crippen molar-refractivity contribution in [2.75, 3.05) is 11.9 Å². The Kier molecular flexibility index (Phi) is 6.59. The van der Waals surface area contributed by atoms with E-state index in [0.29, 0.717) is 23.7 Å². The second-order valence-electron chi connectivity index (χ2n) is 5.88. The Labute approximate surface area is 153 Å². The van der Waals surface area contributed by atoms with Gasteiger partial charge in [0.05, 0.1) is 11.4 Å². The number of benzene rings is 2. The molecule has 0 spiro atoms. The molecule has 0 aliphatic carbocycles. The fourth-order valence-corrected chi connectivity index (χ4v) is 3.06. The van der Waals surface area contributed by atoms with Crippen LogP contribution in [-0.2, 0) is 15.8 Å². The fraction of sp³-hybridized carbons (Fsp3) is 0.278. The number of primary amides is 1. The largest absolute Gasteiger partial charge is 0.455 e. The maximum Gasteiger partial charge on any atom is 0.248 e. The molecule has 0 aromatic heterocycles. The zero-order valence-corrected chi connectivity index (χ0v) is 15.4. The highest BCUT2D eigenvalue weighted by atomic mass is 32.2. The van der Waals surface area contributed by atoms with E-state index in [0.717, 1.165) is 12.8 Å². The molecule has 0 unspecified atom stereocenters. The number of amides is 1. The van der Waals surface area contributed by atoms with Crippen molar-refractivity contribution in [3.05, 3.63) is 53.6 Å². The highest BCUT2D eigenvalue weighted by Gasteiger charge is 2.19. The van der Waals surface area contributed by atoms with Crippen molar-refractivity contribution in [1.82, 2.24) is 0 Å². The first-order valence-corrected chi connectivity index (χ1v) is 9.95. The van der Waals surface area contributed by atoms with Gasteiger partial charge < -0.3 is 15.8 Å². The summed E-state index contributed by atoms with van der Waals surface area (Å²) in [5.41, 5.74) is 6.34. The first kappa shape index (κ1) is 19.7. The smallest absolute Gasteiger partial charge is 0.248 e. The van der Waals surface area contributed by atoms with Crippen LogP contribution in [-0.4, -0.2) is 20.9 Å². The topological polar surface area (TPSA) is 125 Å². The van der Waals surface area contributed by atoms with Gasteiger partial charge in [0, 0.05) is 17.7 Å². The number of nitrogens with one attached hydrogen (secondary N) is 1. The summed E-state index contributed by atoms with van der Waals surface area (Å²) in [6.07, 6.45) is 1.87. The number of hydrogen-bond donors (Lipinski definition) is 3.